The lowest BCUT2D eigenvalue weighted by molar-refractivity contribution is 0.0717. The van der Waals surface area contributed by atoms with Gasteiger partial charge in [-0.1, -0.05) is 15.9 Å². The van der Waals surface area contributed by atoms with Gasteiger partial charge in [0.05, 0.1) is 18.1 Å². The van der Waals surface area contributed by atoms with Crippen molar-refractivity contribution in [1.82, 2.24) is 4.90 Å². The van der Waals surface area contributed by atoms with E-state index in [0.29, 0.717) is 19.8 Å². The Morgan fingerprint density at radius 3 is 3.06 bits per heavy atom. The Bertz CT molecular complexity index is 398. The molecule has 1 amide bonds. The lowest BCUT2D eigenvalue weighted by atomic mass is 10.2. The highest BCUT2D eigenvalue weighted by Gasteiger charge is 2.20. The molecule has 0 bridgehead atoms. The Labute approximate surface area is 120 Å². The first-order chi connectivity index (χ1) is 8.72. The highest BCUT2D eigenvalue weighted by molar-refractivity contribution is 9.09. The third-order valence-corrected chi connectivity index (χ3v) is 4.65. The van der Waals surface area contributed by atoms with Gasteiger partial charge in [-0.2, -0.15) is 0 Å². The van der Waals surface area contributed by atoms with Gasteiger partial charge in [0.2, 0.25) is 0 Å². The molecule has 0 saturated heterocycles. The van der Waals surface area contributed by atoms with E-state index in [1.54, 1.807) is 16.2 Å². The Balaban J connectivity index is 1.85. The number of carbonyl (C=O) groups is 1. The second-order valence-electron chi connectivity index (χ2n) is 4.44. The fourth-order valence-electron chi connectivity index (χ4n) is 2.08. The van der Waals surface area contributed by atoms with Crippen LogP contribution in [0.15, 0.2) is 6.07 Å². The fraction of sp³-hybridized carbons (Fsp3) is 0.615. The van der Waals surface area contributed by atoms with Crippen molar-refractivity contribution in [2.24, 2.45) is 0 Å². The number of likely N-dealkylation sites (N-methyl/N-ethyl adjacent to an activating group) is 1. The lowest BCUT2D eigenvalue weighted by Crippen LogP contribution is -2.29. The first-order valence-electron chi connectivity index (χ1n) is 6.23. The van der Waals surface area contributed by atoms with Crippen LogP contribution < -0.4 is 0 Å². The third kappa shape index (κ3) is 3.33. The number of hydrogen-bond acceptors (Lipinski definition) is 3. The molecular formula is C13H18BrNO2S. The van der Waals surface area contributed by atoms with E-state index in [0.717, 1.165) is 23.0 Å². The SMILES string of the molecule is CN(CCOCCBr)C(=O)c1cc2c(s1)CCC2. The normalized spacial score (nSPS) is 13.7. The van der Waals surface area contributed by atoms with E-state index in [1.807, 2.05) is 7.05 Å². The highest BCUT2D eigenvalue weighted by Crippen LogP contribution is 2.31. The minimum absolute atomic E-state index is 0.122. The number of aryl methyl sites for hydroxylation is 2. The Hall–Kier alpha value is -0.390. The maximum Gasteiger partial charge on any atom is 0.263 e. The smallest absolute Gasteiger partial charge is 0.263 e. The van der Waals surface area contributed by atoms with Crippen molar-refractivity contribution in [2.45, 2.75) is 19.3 Å². The van der Waals surface area contributed by atoms with Crippen molar-refractivity contribution in [3.05, 3.63) is 21.4 Å². The predicted molar refractivity (Wildman–Crippen MR) is 77.9 cm³/mol. The van der Waals surface area contributed by atoms with Crippen LogP contribution in [0.25, 0.3) is 0 Å². The monoisotopic (exact) mass is 331 g/mol. The molecule has 2 rings (SSSR count). The zero-order valence-corrected chi connectivity index (χ0v) is 13.0. The van der Waals surface area contributed by atoms with E-state index in [4.69, 9.17) is 4.74 Å². The van der Waals surface area contributed by atoms with Gasteiger partial charge in [0.25, 0.3) is 5.91 Å². The lowest BCUT2D eigenvalue weighted by Gasteiger charge is -2.16. The molecule has 0 fully saturated rings. The summed E-state index contributed by atoms with van der Waals surface area (Å²) in [7, 11) is 1.84. The molecule has 0 aliphatic heterocycles. The highest BCUT2D eigenvalue weighted by atomic mass is 79.9. The van der Waals surface area contributed by atoms with Gasteiger partial charge in [-0.05, 0) is 30.9 Å². The predicted octanol–water partition coefficient (Wildman–Crippen LogP) is 2.72. The molecule has 0 radical (unpaired) electrons. The molecule has 1 aromatic heterocycles. The Kier molecular flexibility index (Phi) is 5.21. The number of thiophene rings is 1. The summed E-state index contributed by atoms with van der Waals surface area (Å²) in [6.45, 7) is 1.93. The number of amides is 1. The van der Waals surface area contributed by atoms with E-state index in [9.17, 15) is 4.79 Å². The zero-order chi connectivity index (χ0) is 13.0. The topological polar surface area (TPSA) is 29.5 Å². The average Bonchev–Trinajstić information content (AvgIpc) is 2.94. The number of hydrogen-bond donors (Lipinski definition) is 0. The molecule has 18 heavy (non-hydrogen) atoms. The summed E-state index contributed by atoms with van der Waals surface area (Å²) in [5.74, 6) is 0.122. The van der Waals surface area contributed by atoms with Gasteiger partial charge in [0.15, 0.2) is 0 Å². The van der Waals surface area contributed by atoms with E-state index in [2.05, 4.69) is 22.0 Å². The Morgan fingerprint density at radius 1 is 1.50 bits per heavy atom. The van der Waals surface area contributed by atoms with Crippen LogP contribution in [0, 0.1) is 0 Å². The number of rotatable bonds is 6. The molecule has 0 saturated carbocycles. The molecule has 5 heteroatoms. The summed E-state index contributed by atoms with van der Waals surface area (Å²) in [4.78, 5) is 16.2. The molecular weight excluding hydrogens is 314 g/mol. The van der Waals surface area contributed by atoms with Crippen LogP contribution in [-0.2, 0) is 17.6 Å². The van der Waals surface area contributed by atoms with Gasteiger partial charge in [-0.15, -0.1) is 11.3 Å². The molecule has 0 spiro atoms. The maximum atomic E-state index is 12.2. The molecule has 1 aliphatic carbocycles. The molecule has 1 heterocycles. The molecule has 1 aromatic rings. The molecule has 1 aliphatic rings. The molecule has 3 nitrogen and oxygen atoms in total. The standard InChI is InChI=1S/C13H18BrNO2S/c1-15(6-8-17-7-5-14)13(16)12-9-10-3-2-4-11(10)18-12/h9H,2-8H2,1H3. The zero-order valence-electron chi connectivity index (χ0n) is 10.6. The largest absolute Gasteiger partial charge is 0.379 e. The first kappa shape index (κ1) is 14.0. The third-order valence-electron chi connectivity index (χ3n) is 3.10. The van der Waals surface area contributed by atoms with Crippen molar-refractivity contribution in [2.75, 3.05) is 32.1 Å². The minimum Gasteiger partial charge on any atom is -0.379 e. The van der Waals surface area contributed by atoms with Crippen LogP contribution in [0.5, 0.6) is 0 Å². The summed E-state index contributed by atoms with van der Waals surface area (Å²) in [6.07, 6.45) is 3.52. The molecule has 0 atom stereocenters. The van der Waals surface area contributed by atoms with Gasteiger partial charge in [-0.3, -0.25) is 4.79 Å². The average molecular weight is 332 g/mol. The van der Waals surface area contributed by atoms with Crippen LogP contribution in [0.3, 0.4) is 0 Å². The van der Waals surface area contributed by atoms with E-state index >= 15 is 0 Å². The van der Waals surface area contributed by atoms with Crippen molar-refractivity contribution in [3.63, 3.8) is 0 Å². The second-order valence-corrected chi connectivity index (χ2v) is 6.37. The summed E-state index contributed by atoms with van der Waals surface area (Å²) in [6, 6.07) is 2.07. The van der Waals surface area contributed by atoms with Crippen LogP contribution in [0.2, 0.25) is 0 Å². The van der Waals surface area contributed by atoms with Gasteiger partial charge in [0, 0.05) is 23.8 Å². The fourth-order valence-corrected chi connectivity index (χ4v) is 3.56. The molecule has 0 unspecified atom stereocenters. The maximum absolute atomic E-state index is 12.2. The first-order valence-corrected chi connectivity index (χ1v) is 8.17. The number of halogens is 1. The van der Waals surface area contributed by atoms with Crippen molar-refractivity contribution in [3.8, 4) is 0 Å². The van der Waals surface area contributed by atoms with Gasteiger partial charge in [-0.25, -0.2) is 0 Å². The van der Waals surface area contributed by atoms with E-state index in [1.165, 1.54) is 16.9 Å². The number of fused-ring (bicyclic) bond motifs is 1. The van der Waals surface area contributed by atoms with E-state index in [-0.39, 0.29) is 5.91 Å². The number of alkyl halides is 1. The van der Waals surface area contributed by atoms with Crippen LogP contribution in [0.1, 0.15) is 26.5 Å². The molecule has 0 N–H and O–H groups in total. The minimum atomic E-state index is 0.122. The van der Waals surface area contributed by atoms with Gasteiger partial charge >= 0.3 is 0 Å². The number of ether oxygens (including phenoxy) is 1. The summed E-state index contributed by atoms with van der Waals surface area (Å²) < 4.78 is 5.36. The van der Waals surface area contributed by atoms with Crippen molar-refractivity contribution >= 4 is 33.2 Å². The van der Waals surface area contributed by atoms with Crippen LogP contribution in [0.4, 0.5) is 0 Å². The van der Waals surface area contributed by atoms with Crippen molar-refractivity contribution < 1.29 is 9.53 Å². The van der Waals surface area contributed by atoms with E-state index < -0.39 is 0 Å². The molecule has 100 valence electrons. The van der Waals surface area contributed by atoms with Gasteiger partial charge in [0.1, 0.15) is 0 Å². The summed E-state index contributed by atoms with van der Waals surface area (Å²) >= 11 is 4.97. The number of carbonyl (C=O) groups excluding carboxylic acids is 1. The summed E-state index contributed by atoms with van der Waals surface area (Å²) in [5, 5.41) is 0.836. The number of nitrogens with zero attached hydrogens (tertiary/aromatic N) is 1. The van der Waals surface area contributed by atoms with Gasteiger partial charge < -0.3 is 9.64 Å². The second kappa shape index (κ2) is 6.68. The Morgan fingerprint density at radius 2 is 2.33 bits per heavy atom. The van der Waals surface area contributed by atoms with Crippen LogP contribution >= 0.6 is 27.3 Å². The summed E-state index contributed by atoms with van der Waals surface area (Å²) in [5.41, 5.74) is 1.38. The van der Waals surface area contributed by atoms with Crippen molar-refractivity contribution in [1.29, 1.82) is 0 Å². The quantitative estimate of drug-likeness (QED) is 0.592. The molecule has 0 aromatic carbocycles. The van der Waals surface area contributed by atoms with Crippen LogP contribution in [-0.4, -0.2) is 42.9 Å².